The third-order valence-electron chi connectivity index (χ3n) is 3.04. The van der Waals surface area contributed by atoms with Crippen LogP contribution in [0.15, 0.2) is 24.3 Å². The molecule has 0 saturated heterocycles. The number of nitrogens with two attached hydrogens (primary N) is 1. The minimum Gasteiger partial charge on any atom is -0.330 e. The number of rotatable bonds is 5. The Labute approximate surface area is 106 Å². The molecule has 0 unspecified atom stereocenters. The molecule has 0 aliphatic rings. The average molecular weight is 231 g/mol. The summed E-state index contributed by atoms with van der Waals surface area (Å²) in [6.07, 6.45) is 5.38. The van der Waals surface area contributed by atoms with E-state index in [1.807, 2.05) is 0 Å². The second-order valence-corrected chi connectivity index (χ2v) is 5.14. The monoisotopic (exact) mass is 231 g/mol. The van der Waals surface area contributed by atoms with Crippen LogP contribution in [0.5, 0.6) is 0 Å². The van der Waals surface area contributed by atoms with Crippen molar-refractivity contribution in [2.45, 2.75) is 46.0 Å². The highest BCUT2D eigenvalue weighted by Crippen LogP contribution is 2.28. The van der Waals surface area contributed by atoms with Crippen LogP contribution in [-0.4, -0.2) is 6.54 Å². The normalized spacial score (nSPS) is 11.9. The molecule has 0 radical (unpaired) electrons. The number of benzene rings is 1. The van der Waals surface area contributed by atoms with Crippen LogP contribution in [0, 0.1) is 0 Å². The summed E-state index contributed by atoms with van der Waals surface area (Å²) in [6, 6.07) is 6.64. The van der Waals surface area contributed by atoms with Crippen molar-refractivity contribution in [1.82, 2.24) is 0 Å². The summed E-state index contributed by atoms with van der Waals surface area (Å²) in [5, 5.41) is 0. The molecule has 1 aromatic carbocycles. The van der Waals surface area contributed by atoms with Crippen LogP contribution >= 0.6 is 0 Å². The van der Waals surface area contributed by atoms with Crippen molar-refractivity contribution < 1.29 is 0 Å². The molecule has 0 aliphatic heterocycles. The lowest BCUT2D eigenvalue weighted by atomic mass is 9.88. The molecule has 0 bridgehead atoms. The Kier molecular flexibility index (Phi) is 5.43. The Morgan fingerprint density at radius 3 is 2.00 bits per heavy atom. The molecule has 0 amide bonds. The van der Waals surface area contributed by atoms with Crippen LogP contribution in [0.3, 0.4) is 0 Å². The molecule has 2 N–H and O–H groups in total. The van der Waals surface area contributed by atoms with E-state index in [1.54, 1.807) is 0 Å². The van der Waals surface area contributed by atoms with E-state index >= 15 is 0 Å². The summed E-state index contributed by atoms with van der Waals surface area (Å²) < 4.78 is 0. The summed E-state index contributed by atoms with van der Waals surface area (Å²) in [6.45, 7) is 9.72. The van der Waals surface area contributed by atoms with Gasteiger partial charge >= 0.3 is 0 Å². The Bertz CT molecular complexity index is 349. The van der Waals surface area contributed by atoms with Crippen molar-refractivity contribution >= 4 is 6.08 Å². The maximum atomic E-state index is 5.54. The quantitative estimate of drug-likeness (QED) is 0.803. The first kappa shape index (κ1) is 14.0. The third kappa shape index (κ3) is 3.71. The lowest BCUT2D eigenvalue weighted by Gasteiger charge is -2.17. The van der Waals surface area contributed by atoms with E-state index in [-0.39, 0.29) is 0 Å². The van der Waals surface area contributed by atoms with Crippen molar-refractivity contribution in [1.29, 1.82) is 0 Å². The van der Waals surface area contributed by atoms with E-state index in [1.165, 1.54) is 16.7 Å². The Morgan fingerprint density at radius 2 is 1.59 bits per heavy atom. The van der Waals surface area contributed by atoms with Crippen molar-refractivity contribution in [3.8, 4) is 0 Å². The third-order valence-corrected chi connectivity index (χ3v) is 3.04. The van der Waals surface area contributed by atoms with Gasteiger partial charge in [0.25, 0.3) is 0 Å². The molecule has 0 aliphatic carbocycles. The molecule has 0 atom stereocenters. The van der Waals surface area contributed by atoms with Crippen molar-refractivity contribution in [3.05, 3.63) is 41.0 Å². The maximum Gasteiger partial charge on any atom is -0.00425 e. The molecular formula is C16H25N. The van der Waals surface area contributed by atoms with Gasteiger partial charge in [-0.2, -0.15) is 0 Å². The molecule has 1 rings (SSSR count). The molecular weight excluding hydrogens is 206 g/mol. The SMILES string of the molecule is CC(C)c1cccc(C(C)C)c1C=CCCN. The average Bonchev–Trinajstić information content (AvgIpc) is 2.28. The van der Waals surface area contributed by atoms with E-state index < -0.39 is 0 Å². The zero-order valence-electron chi connectivity index (χ0n) is 11.5. The Morgan fingerprint density at radius 1 is 1.06 bits per heavy atom. The standard InChI is InChI=1S/C16H25N/c1-12(2)14-9-7-10-15(13(3)4)16(14)8-5-6-11-17/h5,7-10,12-13H,6,11,17H2,1-4H3. The topological polar surface area (TPSA) is 26.0 Å². The van der Waals surface area contributed by atoms with Gasteiger partial charge in [-0.3, -0.25) is 0 Å². The van der Waals surface area contributed by atoms with Gasteiger partial charge in [0.15, 0.2) is 0 Å². The van der Waals surface area contributed by atoms with E-state index in [0.29, 0.717) is 11.8 Å². The first-order chi connectivity index (χ1) is 8.07. The zero-order chi connectivity index (χ0) is 12.8. The van der Waals surface area contributed by atoms with E-state index in [2.05, 4.69) is 58.0 Å². The zero-order valence-corrected chi connectivity index (χ0v) is 11.5. The highest BCUT2D eigenvalue weighted by Gasteiger charge is 2.10. The largest absolute Gasteiger partial charge is 0.330 e. The van der Waals surface area contributed by atoms with Crippen LogP contribution in [0.25, 0.3) is 6.08 Å². The van der Waals surface area contributed by atoms with Gasteiger partial charge in [-0.15, -0.1) is 0 Å². The lowest BCUT2D eigenvalue weighted by Crippen LogP contribution is -2.00. The van der Waals surface area contributed by atoms with Gasteiger partial charge in [0.2, 0.25) is 0 Å². The number of hydrogen-bond donors (Lipinski definition) is 1. The van der Waals surface area contributed by atoms with Crippen LogP contribution in [0.2, 0.25) is 0 Å². The summed E-state index contributed by atoms with van der Waals surface area (Å²) in [5.41, 5.74) is 9.80. The smallest absolute Gasteiger partial charge is 0.00425 e. The minimum atomic E-state index is 0.561. The molecule has 1 heteroatoms. The van der Waals surface area contributed by atoms with Gasteiger partial charge in [0.1, 0.15) is 0 Å². The van der Waals surface area contributed by atoms with Gasteiger partial charge in [-0.05, 0) is 41.5 Å². The Balaban J connectivity index is 3.19. The minimum absolute atomic E-state index is 0.561. The first-order valence-corrected chi connectivity index (χ1v) is 6.57. The molecule has 1 aromatic rings. The lowest BCUT2D eigenvalue weighted by molar-refractivity contribution is 0.829. The first-order valence-electron chi connectivity index (χ1n) is 6.57. The fourth-order valence-electron chi connectivity index (χ4n) is 2.10. The number of hydrogen-bond acceptors (Lipinski definition) is 1. The van der Waals surface area contributed by atoms with E-state index in [9.17, 15) is 0 Å². The second-order valence-electron chi connectivity index (χ2n) is 5.14. The maximum absolute atomic E-state index is 5.54. The van der Waals surface area contributed by atoms with Gasteiger partial charge in [0, 0.05) is 0 Å². The molecule has 0 fully saturated rings. The summed E-state index contributed by atoms with van der Waals surface area (Å²) >= 11 is 0. The van der Waals surface area contributed by atoms with Crippen molar-refractivity contribution in [2.75, 3.05) is 6.54 Å². The van der Waals surface area contributed by atoms with E-state index in [4.69, 9.17) is 5.73 Å². The summed E-state index contributed by atoms with van der Waals surface area (Å²) in [4.78, 5) is 0. The summed E-state index contributed by atoms with van der Waals surface area (Å²) in [5.74, 6) is 1.12. The van der Waals surface area contributed by atoms with E-state index in [0.717, 1.165) is 13.0 Å². The van der Waals surface area contributed by atoms with Gasteiger partial charge in [-0.25, -0.2) is 0 Å². The second kappa shape index (κ2) is 6.61. The summed E-state index contributed by atoms with van der Waals surface area (Å²) in [7, 11) is 0. The highest BCUT2D eigenvalue weighted by molar-refractivity contribution is 5.59. The molecule has 0 saturated carbocycles. The molecule has 0 spiro atoms. The predicted octanol–water partition coefficient (Wildman–Crippen LogP) is 4.30. The molecule has 94 valence electrons. The fraction of sp³-hybridized carbons (Fsp3) is 0.500. The van der Waals surface area contributed by atoms with Gasteiger partial charge < -0.3 is 5.73 Å². The highest BCUT2D eigenvalue weighted by atomic mass is 14.5. The Hall–Kier alpha value is -1.08. The van der Waals surface area contributed by atoms with Gasteiger partial charge in [-0.1, -0.05) is 58.0 Å². The van der Waals surface area contributed by atoms with Crippen LogP contribution in [-0.2, 0) is 0 Å². The predicted molar refractivity (Wildman–Crippen MR) is 77.3 cm³/mol. The molecule has 0 aromatic heterocycles. The fourth-order valence-corrected chi connectivity index (χ4v) is 2.10. The van der Waals surface area contributed by atoms with Crippen LogP contribution < -0.4 is 5.73 Å². The molecule has 1 nitrogen and oxygen atoms in total. The van der Waals surface area contributed by atoms with Crippen molar-refractivity contribution in [2.24, 2.45) is 5.73 Å². The van der Waals surface area contributed by atoms with Crippen molar-refractivity contribution in [3.63, 3.8) is 0 Å². The molecule has 17 heavy (non-hydrogen) atoms. The van der Waals surface area contributed by atoms with Crippen LogP contribution in [0.1, 0.15) is 62.6 Å². The van der Waals surface area contributed by atoms with Gasteiger partial charge in [0.05, 0.1) is 0 Å². The molecule has 0 heterocycles. The van der Waals surface area contributed by atoms with Crippen LogP contribution in [0.4, 0.5) is 0 Å².